The van der Waals surface area contributed by atoms with E-state index in [0.29, 0.717) is 33.0 Å². The average Bonchev–Trinajstić information content (AvgIpc) is 2.99. The summed E-state index contributed by atoms with van der Waals surface area (Å²) in [5.74, 6) is 0. The summed E-state index contributed by atoms with van der Waals surface area (Å²) in [5.41, 5.74) is 0. The summed E-state index contributed by atoms with van der Waals surface area (Å²) in [6, 6.07) is 0. The summed E-state index contributed by atoms with van der Waals surface area (Å²) in [6.45, 7) is 9.27. The van der Waals surface area contributed by atoms with Crippen molar-refractivity contribution in [3.05, 3.63) is 0 Å². The van der Waals surface area contributed by atoms with Crippen LogP contribution in [-0.2, 0) is 14.2 Å². The minimum atomic E-state index is 0.0879. The number of ether oxygens (including phenoxy) is 3. The monoisotopic (exact) mass is 304 g/mol. The molecule has 6 nitrogen and oxygen atoms in total. The third kappa shape index (κ3) is 11.0. The van der Waals surface area contributed by atoms with Gasteiger partial charge in [0.15, 0.2) is 0 Å². The zero-order chi connectivity index (χ0) is 15.2. The van der Waals surface area contributed by atoms with Crippen LogP contribution in [0.5, 0.6) is 0 Å². The Balaban J connectivity index is 1.75. The number of hydrogen-bond acceptors (Lipinski definition) is 6. The predicted molar refractivity (Wildman–Crippen MR) is 82.7 cm³/mol. The zero-order valence-corrected chi connectivity index (χ0v) is 13.5. The van der Waals surface area contributed by atoms with Gasteiger partial charge in [0.05, 0.1) is 46.2 Å². The van der Waals surface area contributed by atoms with Crippen molar-refractivity contribution < 1.29 is 19.3 Å². The molecule has 0 unspecified atom stereocenters. The second kappa shape index (κ2) is 13.4. The Morgan fingerprint density at radius 2 is 1.43 bits per heavy atom. The topological polar surface area (TPSA) is 54.4 Å². The largest absolute Gasteiger partial charge is 0.394 e. The SMILES string of the molecule is CN(CCOCCO)CCOCCOCCN1CCCC1. The van der Waals surface area contributed by atoms with Crippen molar-refractivity contribution in [2.75, 3.05) is 86.0 Å². The number of nitrogens with zero attached hydrogens (tertiary/aromatic N) is 2. The summed E-state index contributed by atoms with van der Waals surface area (Å²) in [4.78, 5) is 4.61. The van der Waals surface area contributed by atoms with E-state index in [0.717, 1.165) is 26.2 Å². The first kappa shape index (κ1) is 18.8. The second-order valence-electron chi connectivity index (χ2n) is 5.41. The number of likely N-dealkylation sites (tertiary alicyclic amines) is 1. The lowest BCUT2D eigenvalue weighted by molar-refractivity contribution is 0.0304. The van der Waals surface area contributed by atoms with Gasteiger partial charge in [-0.25, -0.2) is 0 Å². The van der Waals surface area contributed by atoms with Gasteiger partial charge < -0.3 is 29.1 Å². The van der Waals surface area contributed by atoms with Crippen molar-refractivity contribution in [3.63, 3.8) is 0 Å². The van der Waals surface area contributed by atoms with Gasteiger partial charge in [0.2, 0.25) is 0 Å². The maximum absolute atomic E-state index is 8.58. The Kier molecular flexibility index (Phi) is 12.0. The Morgan fingerprint density at radius 3 is 2.05 bits per heavy atom. The van der Waals surface area contributed by atoms with Crippen molar-refractivity contribution in [2.45, 2.75) is 12.8 Å². The van der Waals surface area contributed by atoms with Crippen molar-refractivity contribution in [1.29, 1.82) is 0 Å². The summed E-state index contributed by atoms with van der Waals surface area (Å²) >= 11 is 0. The molecule has 0 radical (unpaired) electrons. The van der Waals surface area contributed by atoms with E-state index >= 15 is 0 Å². The number of hydrogen-bond donors (Lipinski definition) is 1. The van der Waals surface area contributed by atoms with Gasteiger partial charge >= 0.3 is 0 Å². The summed E-state index contributed by atoms with van der Waals surface area (Å²) in [6.07, 6.45) is 2.67. The molecule has 0 aromatic carbocycles. The van der Waals surface area contributed by atoms with Crippen molar-refractivity contribution in [3.8, 4) is 0 Å². The van der Waals surface area contributed by atoms with Crippen LogP contribution in [0.15, 0.2) is 0 Å². The third-order valence-electron chi connectivity index (χ3n) is 3.59. The van der Waals surface area contributed by atoms with Gasteiger partial charge in [-0.15, -0.1) is 0 Å². The smallest absolute Gasteiger partial charge is 0.0701 e. The van der Waals surface area contributed by atoms with E-state index in [4.69, 9.17) is 19.3 Å². The molecule has 0 saturated carbocycles. The van der Waals surface area contributed by atoms with E-state index in [-0.39, 0.29) is 6.61 Å². The molecular formula is C15H32N2O4. The Bertz CT molecular complexity index is 226. The van der Waals surface area contributed by atoms with E-state index in [1.807, 2.05) is 7.05 Å². The molecule has 0 atom stereocenters. The molecule has 1 aliphatic heterocycles. The molecule has 1 heterocycles. The maximum Gasteiger partial charge on any atom is 0.0701 e. The van der Waals surface area contributed by atoms with E-state index in [1.165, 1.54) is 25.9 Å². The highest BCUT2D eigenvalue weighted by molar-refractivity contribution is 4.65. The van der Waals surface area contributed by atoms with Crippen LogP contribution in [-0.4, -0.2) is 101 Å². The molecule has 1 aliphatic rings. The highest BCUT2D eigenvalue weighted by Gasteiger charge is 2.10. The minimum Gasteiger partial charge on any atom is -0.394 e. The Labute approximate surface area is 128 Å². The van der Waals surface area contributed by atoms with Gasteiger partial charge in [-0.3, -0.25) is 0 Å². The number of aliphatic hydroxyl groups is 1. The Hall–Kier alpha value is -0.240. The second-order valence-corrected chi connectivity index (χ2v) is 5.41. The molecule has 21 heavy (non-hydrogen) atoms. The zero-order valence-electron chi connectivity index (χ0n) is 13.5. The van der Waals surface area contributed by atoms with Gasteiger partial charge in [0.25, 0.3) is 0 Å². The molecule has 0 aliphatic carbocycles. The standard InChI is InChI=1S/C15H32N2O4/c1-16(6-10-19-13-9-18)7-11-20-14-15-21-12-8-17-4-2-3-5-17/h18H,2-15H2,1H3. The summed E-state index contributed by atoms with van der Waals surface area (Å²) < 4.78 is 16.3. The fourth-order valence-electron chi connectivity index (χ4n) is 2.24. The first-order chi connectivity index (χ1) is 10.3. The fourth-order valence-corrected chi connectivity index (χ4v) is 2.24. The molecule has 0 amide bonds. The average molecular weight is 304 g/mol. The third-order valence-corrected chi connectivity index (χ3v) is 3.59. The van der Waals surface area contributed by atoms with Crippen LogP contribution in [0.1, 0.15) is 12.8 Å². The molecule has 1 rings (SSSR count). The predicted octanol–water partition coefficient (Wildman–Crippen LogP) is 0.0561. The van der Waals surface area contributed by atoms with E-state index in [2.05, 4.69) is 9.80 Å². The Morgan fingerprint density at radius 1 is 0.857 bits per heavy atom. The quantitative estimate of drug-likeness (QED) is 0.458. The lowest BCUT2D eigenvalue weighted by atomic mass is 10.4. The van der Waals surface area contributed by atoms with Crippen molar-refractivity contribution in [1.82, 2.24) is 9.80 Å². The first-order valence-electron chi connectivity index (χ1n) is 8.08. The van der Waals surface area contributed by atoms with Crippen molar-refractivity contribution >= 4 is 0 Å². The number of rotatable bonds is 14. The molecule has 1 fully saturated rings. The maximum atomic E-state index is 8.58. The van der Waals surface area contributed by atoms with Crippen LogP contribution >= 0.6 is 0 Å². The van der Waals surface area contributed by atoms with Crippen molar-refractivity contribution in [2.24, 2.45) is 0 Å². The van der Waals surface area contributed by atoms with Crippen LogP contribution in [0.2, 0.25) is 0 Å². The molecule has 1 N–H and O–H groups in total. The van der Waals surface area contributed by atoms with Gasteiger partial charge in [0.1, 0.15) is 0 Å². The van der Waals surface area contributed by atoms with Gasteiger partial charge in [0, 0.05) is 19.6 Å². The lowest BCUT2D eigenvalue weighted by Crippen LogP contribution is -2.28. The molecule has 6 heteroatoms. The molecular weight excluding hydrogens is 272 g/mol. The molecule has 0 aromatic heterocycles. The molecule has 0 bridgehead atoms. The van der Waals surface area contributed by atoms with Gasteiger partial charge in [-0.05, 0) is 33.0 Å². The first-order valence-corrected chi connectivity index (χ1v) is 8.08. The summed E-state index contributed by atoms with van der Waals surface area (Å²) in [7, 11) is 2.04. The number of likely N-dealkylation sites (N-methyl/N-ethyl adjacent to an activating group) is 1. The minimum absolute atomic E-state index is 0.0879. The van der Waals surface area contributed by atoms with E-state index in [9.17, 15) is 0 Å². The number of aliphatic hydroxyl groups excluding tert-OH is 1. The lowest BCUT2D eigenvalue weighted by Gasteiger charge is -2.16. The van der Waals surface area contributed by atoms with Gasteiger partial charge in [-0.2, -0.15) is 0 Å². The van der Waals surface area contributed by atoms with Crippen LogP contribution in [0.3, 0.4) is 0 Å². The molecule has 1 saturated heterocycles. The van der Waals surface area contributed by atoms with Crippen LogP contribution in [0.4, 0.5) is 0 Å². The highest BCUT2D eigenvalue weighted by atomic mass is 16.5. The molecule has 0 spiro atoms. The van der Waals surface area contributed by atoms with Crippen LogP contribution < -0.4 is 0 Å². The molecule has 0 aromatic rings. The van der Waals surface area contributed by atoms with Crippen LogP contribution in [0, 0.1) is 0 Å². The van der Waals surface area contributed by atoms with E-state index < -0.39 is 0 Å². The fraction of sp³-hybridized carbons (Fsp3) is 1.00. The molecule has 126 valence electrons. The van der Waals surface area contributed by atoms with Crippen LogP contribution in [0.25, 0.3) is 0 Å². The van der Waals surface area contributed by atoms with E-state index in [1.54, 1.807) is 0 Å². The highest BCUT2D eigenvalue weighted by Crippen LogP contribution is 2.05. The summed E-state index contributed by atoms with van der Waals surface area (Å²) in [5, 5.41) is 8.58. The van der Waals surface area contributed by atoms with Gasteiger partial charge in [-0.1, -0.05) is 0 Å². The normalized spacial score (nSPS) is 16.1.